The Hall–Kier alpha value is -2.52. The smallest absolute Gasteiger partial charge is 0.138 e. The predicted octanol–water partition coefficient (Wildman–Crippen LogP) is 4.91. The van der Waals surface area contributed by atoms with Crippen molar-refractivity contribution >= 4 is 38.7 Å². The highest BCUT2D eigenvalue weighted by Gasteiger charge is 2.24. The van der Waals surface area contributed by atoms with Gasteiger partial charge in [-0.3, -0.25) is 4.90 Å². The van der Waals surface area contributed by atoms with Crippen LogP contribution in [0.3, 0.4) is 0 Å². The lowest BCUT2D eigenvalue weighted by Crippen LogP contribution is -2.41. The minimum atomic E-state index is 0.289. The van der Waals surface area contributed by atoms with E-state index in [0.717, 1.165) is 65.8 Å². The molecule has 160 valence electrons. The van der Waals surface area contributed by atoms with Gasteiger partial charge in [-0.2, -0.15) is 0 Å². The summed E-state index contributed by atoms with van der Waals surface area (Å²) in [6.07, 6.45) is 1.65. The van der Waals surface area contributed by atoms with Crippen LogP contribution >= 0.6 is 22.7 Å². The van der Waals surface area contributed by atoms with Crippen LogP contribution in [0.1, 0.15) is 10.9 Å². The fraction of sp³-hybridized carbons (Fsp3) is 0.304. The minimum absolute atomic E-state index is 0.289. The summed E-state index contributed by atoms with van der Waals surface area (Å²) in [5.74, 6) is 1.73. The second kappa shape index (κ2) is 9.32. The maximum atomic E-state index is 5.57. The van der Waals surface area contributed by atoms with Gasteiger partial charge in [0.25, 0.3) is 0 Å². The Balaban J connectivity index is 1.44. The number of benzene rings is 1. The lowest BCUT2D eigenvalue weighted by Gasteiger charge is -2.34. The maximum absolute atomic E-state index is 5.57. The third-order valence-corrected chi connectivity index (χ3v) is 7.45. The molecule has 0 aliphatic carbocycles. The van der Waals surface area contributed by atoms with E-state index in [-0.39, 0.29) is 6.04 Å². The highest BCUT2D eigenvalue weighted by molar-refractivity contribution is 7.17. The average molecular weight is 453 g/mol. The number of fused-ring (bicyclic) bond motifs is 1. The lowest BCUT2D eigenvalue weighted by molar-refractivity contribution is 0.0194. The van der Waals surface area contributed by atoms with E-state index >= 15 is 0 Å². The molecule has 1 aliphatic heterocycles. The van der Waals surface area contributed by atoms with E-state index in [2.05, 4.69) is 55.2 Å². The summed E-state index contributed by atoms with van der Waals surface area (Å²) in [5.41, 5.74) is 2.28. The highest BCUT2D eigenvalue weighted by atomic mass is 32.1. The number of anilines is 1. The van der Waals surface area contributed by atoms with Gasteiger partial charge in [0.15, 0.2) is 0 Å². The Labute approximate surface area is 189 Å². The van der Waals surface area contributed by atoms with Crippen molar-refractivity contribution in [3.63, 3.8) is 0 Å². The van der Waals surface area contributed by atoms with E-state index in [1.807, 2.05) is 12.1 Å². The molecule has 6 nitrogen and oxygen atoms in total. The Bertz CT molecular complexity index is 1120. The molecule has 31 heavy (non-hydrogen) atoms. The largest absolute Gasteiger partial charge is 0.497 e. The van der Waals surface area contributed by atoms with Crippen molar-refractivity contribution in [1.29, 1.82) is 0 Å². The van der Waals surface area contributed by atoms with Crippen molar-refractivity contribution in [3.8, 4) is 16.9 Å². The SMILES string of the molecule is COc1ccc(-c2csc3ncnc(NCC(c4cccs4)N4CCOCC4)c23)cc1. The number of methoxy groups -OCH3 is 1. The van der Waals surface area contributed by atoms with E-state index in [0.29, 0.717) is 0 Å². The van der Waals surface area contributed by atoms with Crippen molar-refractivity contribution in [2.24, 2.45) is 0 Å². The molecule has 0 bridgehead atoms. The maximum Gasteiger partial charge on any atom is 0.138 e. The van der Waals surface area contributed by atoms with Crippen molar-refractivity contribution in [2.75, 3.05) is 45.3 Å². The van der Waals surface area contributed by atoms with Crippen LogP contribution in [0, 0.1) is 0 Å². The van der Waals surface area contributed by atoms with E-state index < -0.39 is 0 Å². The first-order valence-corrected chi connectivity index (χ1v) is 12.0. The Morgan fingerprint density at radius 2 is 1.97 bits per heavy atom. The van der Waals surface area contributed by atoms with Crippen LogP contribution in [-0.2, 0) is 4.74 Å². The number of thiophene rings is 2. The molecule has 1 aliphatic rings. The van der Waals surface area contributed by atoms with Crippen LogP contribution < -0.4 is 10.1 Å². The number of nitrogens with one attached hydrogen (secondary N) is 1. The Kier molecular flexibility index (Phi) is 6.13. The van der Waals surface area contributed by atoms with Gasteiger partial charge in [-0.25, -0.2) is 9.97 Å². The quantitative estimate of drug-likeness (QED) is 0.430. The average Bonchev–Trinajstić information content (AvgIpc) is 3.51. The van der Waals surface area contributed by atoms with Crippen LogP contribution in [0.5, 0.6) is 5.75 Å². The first-order valence-electron chi connectivity index (χ1n) is 10.3. The summed E-state index contributed by atoms with van der Waals surface area (Å²) < 4.78 is 10.9. The number of nitrogens with zero attached hydrogens (tertiary/aromatic N) is 3. The van der Waals surface area contributed by atoms with Crippen LogP contribution in [0.15, 0.2) is 53.5 Å². The molecule has 0 spiro atoms. The van der Waals surface area contributed by atoms with Crippen LogP contribution in [0.25, 0.3) is 21.3 Å². The summed E-state index contributed by atoms with van der Waals surface area (Å²) >= 11 is 3.45. The fourth-order valence-electron chi connectivity index (χ4n) is 3.97. The molecule has 1 N–H and O–H groups in total. The van der Waals surface area contributed by atoms with Gasteiger partial charge in [-0.15, -0.1) is 22.7 Å². The molecular formula is C23H24N4O2S2. The molecule has 0 radical (unpaired) electrons. The van der Waals surface area contributed by atoms with E-state index in [4.69, 9.17) is 9.47 Å². The molecular weight excluding hydrogens is 428 g/mol. The normalized spacial score (nSPS) is 15.8. The highest BCUT2D eigenvalue weighted by Crippen LogP contribution is 2.37. The summed E-state index contributed by atoms with van der Waals surface area (Å²) in [6, 6.07) is 12.8. The number of hydrogen-bond donors (Lipinski definition) is 1. The molecule has 1 saturated heterocycles. The summed E-state index contributed by atoms with van der Waals surface area (Å²) in [7, 11) is 1.68. The molecule has 3 aromatic heterocycles. The predicted molar refractivity (Wildman–Crippen MR) is 127 cm³/mol. The van der Waals surface area contributed by atoms with E-state index in [1.165, 1.54) is 4.88 Å². The van der Waals surface area contributed by atoms with E-state index in [1.54, 1.807) is 36.1 Å². The standard InChI is InChI=1S/C23H24N4O2S2/c1-28-17-6-4-16(5-7-17)18-14-31-23-21(18)22(25-15-26-23)24-13-19(20-3-2-12-30-20)27-8-10-29-11-9-27/h2-7,12,14-15,19H,8-11,13H2,1H3,(H,24,25,26). The first-order chi connectivity index (χ1) is 15.3. The van der Waals surface area contributed by atoms with Crippen LogP contribution in [0.2, 0.25) is 0 Å². The van der Waals surface area contributed by atoms with Crippen LogP contribution in [-0.4, -0.2) is 54.8 Å². The first kappa shape index (κ1) is 20.4. The number of rotatable bonds is 7. The zero-order valence-corrected chi connectivity index (χ0v) is 18.9. The van der Waals surface area contributed by atoms with Crippen molar-refractivity contribution in [3.05, 3.63) is 58.4 Å². The Morgan fingerprint density at radius 1 is 1.13 bits per heavy atom. The summed E-state index contributed by atoms with van der Waals surface area (Å²) in [6.45, 7) is 4.24. The van der Waals surface area contributed by atoms with Gasteiger partial charge < -0.3 is 14.8 Å². The van der Waals surface area contributed by atoms with Gasteiger partial charge in [0.2, 0.25) is 0 Å². The number of morpholine rings is 1. The van der Waals surface area contributed by atoms with Gasteiger partial charge in [-0.05, 0) is 29.1 Å². The minimum Gasteiger partial charge on any atom is -0.497 e. The molecule has 0 saturated carbocycles. The molecule has 8 heteroatoms. The van der Waals surface area contributed by atoms with Crippen molar-refractivity contribution < 1.29 is 9.47 Å². The number of ether oxygens (including phenoxy) is 2. The lowest BCUT2D eigenvalue weighted by atomic mass is 10.1. The molecule has 1 aromatic carbocycles. The zero-order chi connectivity index (χ0) is 21.0. The monoisotopic (exact) mass is 452 g/mol. The van der Waals surface area contributed by atoms with Gasteiger partial charge in [0.05, 0.1) is 31.8 Å². The summed E-state index contributed by atoms with van der Waals surface area (Å²) in [4.78, 5) is 14.0. The van der Waals surface area contributed by atoms with Gasteiger partial charge in [0, 0.05) is 35.5 Å². The fourth-order valence-corrected chi connectivity index (χ4v) is 5.74. The zero-order valence-electron chi connectivity index (χ0n) is 17.3. The molecule has 1 unspecified atom stereocenters. The molecule has 1 atom stereocenters. The van der Waals surface area contributed by atoms with Gasteiger partial charge in [-0.1, -0.05) is 18.2 Å². The third-order valence-electron chi connectivity index (χ3n) is 5.59. The van der Waals surface area contributed by atoms with Gasteiger partial charge in [0.1, 0.15) is 22.7 Å². The molecule has 4 aromatic rings. The van der Waals surface area contributed by atoms with Crippen LogP contribution in [0.4, 0.5) is 5.82 Å². The molecule has 4 heterocycles. The van der Waals surface area contributed by atoms with Crippen molar-refractivity contribution in [1.82, 2.24) is 14.9 Å². The molecule has 0 amide bonds. The second-order valence-electron chi connectivity index (χ2n) is 7.34. The van der Waals surface area contributed by atoms with Crippen molar-refractivity contribution in [2.45, 2.75) is 6.04 Å². The van der Waals surface area contributed by atoms with E-state index in [9.17, 15) is 0 Å². The summed E-state index contributed by atoms with van der Waals surface area (Å²) in [5, 5.41) is 9.02. The third kappa shape index (κ3) is 4.29. The Morgan fingerprint density at radius 3 is 2.71 bits per heavy atom. The second-order valence-corrected chi connectivity index (χ2v) is 9.18. The number of aromatic nitrogens is 2. The molecule has 1 fully saturated rings. The molecule has 5 rings (SSSR count). The number of hydrogen-bond acceptors (Lipinski definition) is 8. The van der Waals surface area contributed by atoms with Gasteiger partial charge >= 0.3 is 0 Å². The topological polar surface area (TPSA) is 59.5 Å².